The summed E-state index contributed by atoms with van der Waals surface area (Å²) in [6.07, 6.45) is 1.18. The third-order valence-corrected chi connectivity index (χ3v) is 5.06. The predicted molar refractivity (Wildman–Crippen MR) is 88.3 cm³/mol. The van der Waals surface area contributed by atoms with Crippen LogP contribution in [0.1, 0.15) is 36.2 Å². The number of rotatable bonds is 3. The molecular formula is C18H18O3S. The minimum Gasteiger partial charge on any atom is -0.478 e. The lowest BCUT2D eigenvalue weighted by Gasteiger charge is -2.32. The Morgan fingerprint density at radius 1 is 1.14 bits per heavy atom. The molecule has 3 nitrogen and oxygen atoms in total. The first-order valence-electron chi connectivity index (χ1n) is 7.24. The van der Waals surface area contributed by atoms with Gasteiger partial charge in [-0.05, 0) is 59.6 Å². The van der Waals surface area contributed by atoms with Crippen molar-refractivity contribution in [2.75, 3.05) is 5.75 Å². The quantitative estimate of drug-likeness (QED) is 0.870. The Bertz CT molecular complexity index is 705. The molecule has 0 aliphatic carbocycles. The molecule has 0 saturated heterocycles. The van der Waals surface area contributed by atoms with E-state index in [-0.39, 0.29) is 11.0 Å². The van der Waals surface area contributed by atoms with Crippen LogP contribution in [0.2, 0.25) is 0 Å². The average Bonchev–Trinajstić information content (AvgIpc) is 2.47. The molecule has 0 unspecified atom stereocenters. The number of benzene rings is 2. The highest BCUT2D eigenvalue weighted by molar-refractivity contribution is 7.99. The van der Waals surface area contributed by atoms with Gasteiger partial charge < -0.3 is 9.84 Å². The number of carboxylic acids is 1. The van der Waals surface area contributed by atoms with Gasteiger partial charge in [0.1, 0.15) is 11.5 Å². The summed E-state index contributed by atoms with van der Waals surface area (Å²) in [7, 11) is 0. The number of carboxylic acid groups (broad SMARTS) is 1. The van der Waals surface area contributed by atoms with Crippen LogP contribution in [0.25, 0.3) is 0 Å². The van der Waals surface area contributed by atoms with Crippen LogP contribution in [0.5, 0.6) is 11.5 Å². The van der Waals surface area contributed by atoms with Crippen LogP contribution in [0.4, 0.5) is 0 Å². The molecule has 0 fully saturated rings. The molecule has 1 aliphatic heterocycles. The van der Waals surface area contributed by atoms with Crippen LogP contribution in [-0.2, 0) is 5.41 Å². The topological polar surface area (TPSA) is 46.5 Å². The van der Waals surface area contributed by atoms with Crippen molar-refractivity contribution in [3.63, 3.8) is 0 Å². The van der Waals surface area contributed by atoms with Crippen LogP contribution >= 0.6 is 11.8 Å². The van der Waals surface area contributed by atoms with Crippen molar-refractivity contribution in [3.8, 4) is 11.5 Å². The van der Waals surface area contributed by atoms with E-state index in [1.165, 1.54) is 16.9 Å². The van der Waals surface area contributed by atoms with Gasteiger partial charge in [-0.1, -0.05) is 19.9 Å². The van der Waals surface area contributed by atoms with Crippen LogP contribution in [0.15, 0.2) is 47.4 Å². The number of carbonyl (C=O) groups is 1. The molecule has 0 atom stereocenters. The fourth-order valence-electron chi connectivity index (χ4n) is 2.60. The minimum absolute atomic E-state index is 0.211. The zero-order chi connectivity index (χ0) is 15.7. The van der Waals surface area contributed by atoms with Crippen molar-refractivity contribution in [1.29, 1.82) is 0 Å². The molecular weight excluding hydrogens is 296 g/mol. The first-order valence-corrected chi connectivity index (χ1v) is 8.23. The molecule has 0 spiro atoms. The van der Waals surface area contributed by atoms with Gasteiger partial charge in [-0.25, -0.2) is 4.79 Å². The summed E-state index contributed by atoms with van der Waals surface area (Å²) >= 11 is 1.86. The van der Waals surface area contributed by atoms with E-state index in [0.717, 1.165) is 11.5 Å². The molecule has 0 saturated carbocycles. The fraction of sp³-hybridized carbons (Fsp3) is 0.278. The monoisotopic (exact) mass is 314 g/mol. The van der Waals surface area contributed by atoms with Gasteiger partial charge in [0.2, 0.25) is 0 Å². The third-order valence-electron chi connectivity index (χ3n) is 4.00. The van der Waals surface area contributed by atoms with Gasteiger partial charge in [0.25, 0.3) is 0 Å². The summed E-state index contributed by atoms with van der Waals surface area (Å²) in [5.74, 6) is 1.62. The molecule has 1 heterocycles. The van der Waals surface area contributed by atoms with E-state index in [2.05, 4.69) is 26.0 Å². The highest BCUT2D eigenvalue weighted by atomic mass is 32.2. The van der Waals surface area contributed by atoms with Gasteiger partial charge in [0, 0.05) is 4.90 Å². The van der Waals surface area contributed by atoms with Gasteiger partial charge in [0.15, 0.2) is 0 Å². The predicted octanol–water partition coefficient (Wildman–Crippen LogP) is 4.95. The normalized spacial score (nSPS) is 15.9. The van der Waals surface area contributed by atoms with Gasteiger partial charge in [-0.3, -0.25) is 0 Å². The average molecular weight is 314 g/mol. The Morgan fingerprint density at radius 2 is 1.82 bits per heavy atom. The van der Waals surface area contributed by atoms with E-state index >= 15 is 0 Å². The van der Waals surface area contributed by atoms with E-state index in [0.29, 0.717) is 5.75 Å². The summed E-state index contributed by atoms with van der Waals surface area (Å²) in [5.41, 5.74) is 1.84. The van der Waals surface area contributed by atoms with Gasteiger partial charge in [0.05, 0.1) is 5.56 Å². The lowest BCUT2D eigenvalue weighted by molar-refractivity contribution is 0.0697. The molecule has 22 heavy (non-hydrogen) atoms. The maximum atomic E-state index is 10.8. The number of thioether (sulfide) groups is 1. The van der Waals surface area contributed by atoms with Crippen LogP contribution in [0, 0.1) is 0 Å². The maximum absolute atomic E-state index is 10.8. The zero-order valence-corrected chi connectivity index (χ0v) is 13.4. The minimum atomic E-state index is -0.932. The fourth-order valence-corrected chi connectivity index (χ4v) is 4.13. The van der Waals surface area contributed by atoms with Crippen LogP contribution in [-0.4, -0.2) is 16.8 Å². The first-order chi connectivity index (χ1) is 10.5. The molecule has 4 heteroatoms. The Balaban J connectivity index is 1.83. The van der Waals surface area contributed by atoms with Crippen LogP contribution < -0.4 is 4.74 Å². The van der Waals surface area contributed by atoms with E-state index in [1.54, 1.807) is 24.3 Å². The third kappa shape index (κ3) is 2.97. The standard InChI is InChI=1S/C18H18O3S/c1-18(2)9-10-22-16-11-14(7-8-15(16)18)21-13-5-3-12(4-6-13)17(19)20/h3-8,11H,9-10H2,1-2H3,(H,19,20). The van der Waals surface area contributed by atoms with Crippen molar-refractivity contribution in [2.24, 2.45) is 0 Å². The molecule has 2 aromatic carbocycles. The molecule has 0 bridgehead atoms. The molecule has 0 amide bonds. The molecule has 3 rings (SSSR count). The number of fused-ring (bicyclic) bond motifs is 1. The number of ether oxygens (including phenoxy) is 1. The van der Waals surface area contributed by atoms with Crippen molar-refractivity contribution < 1.29 is 14.6 Å². The second kappa shape index (κ2) is 5.69. The smallest absolute Gasteiger partial charge is 0.335 e. The van der Waals surface area contributed by atoms with E-state index < -0.39 is 5.97 Å². The summed E-state index contributed by atoms with van der Waals surface area (Å²) in [6.45, 7) is 4.55. The SMILES string of the molecule is CC1(C)CCSc2cc(Oc3ccc(C(=O)O)cc3)ccc21. The van der Waals surface area contributed by atoms with Crippen molar-refractivity contribution in [1.82, 2.24) is 0 Å². The van der Waals surface area contributed by atoms with E-state index in [9.17, 15) is 4.79 Å². The lowest BCUT2D eigenvalue weighted by atomic mass is 9.82. The van der Waals surface area contributed by atoms with Crippen molar-refractivity contribution >= 4 is 17.7 Å². The molecule has 0 aromatic heterocycles. The summed E-state index contributed by atoms with van der Waals surface area (Å²) < 4.78 is 5.84. The number of hydrogen-bond donors (Lipinski definition) is 1. The Morgan fingerprint density at radius 3 is 2.50 bits per heavy atom. The van der Waals surface area contributed by atoms with E-state index in [1.807, 2.05) is 17.8 Å². The zero-order valence-electron chi connectivity index (χ0n) is 12.6. The number of aromatic carboxylic acids is 1. The molecule has 2 aromatic rings. The van der Waals surface area contributed by atoms with Crippen LogP contribution in [0.3, 0.4) is 0 Å². The Kier molecular flexibility index (Phi) is 3.87. The highest BCUT2D eigenvalue weighted by Gasteiger charge is 2.27. The summed E-state index contributed by atoms with van der Waals surface area (Å²) in [5, 5.41) is 8.90. The van der Waals surface area contributed by atoms with Gasteiger partial charge in [-0.15, -0.1) is 11.8 Å². The Hall–Kier alpha value is -1.94. The molecule has 1 aliphatic rings. The highest BCUT2D eigenvalue weighted by Crippen LogP contribution is 2.43. The summed E-state index contributed by atoms with van der Waals surface area (Å²) in [6, 6.07) is 12.7. The molecule has 1 N–H and O–H groups in total. The van der Waals surface area contributed by atoms with E-state index in [4.69, 9.17) is 9.84 Å². The molecule has 114 valence electrons. The van der Waals surface area contributed by atoms with Gasteiger partial charge >= 0.3 is 5.97 Å². The second-order valence-electron chi connectivity index (χ2n) is 6.07. The second-order valence-corrected chi connectivity index (χ2v) is 7.21. The largest absolute Gasteiger partial charge is 0.478 e. The first kappa shape index (κ1) is 15.0. The number of hydrogen-bond acceptors (Lipinski definition) is 3. The lowest BCUT2D eigenvalue weighted by Crippen LogP contribution is -2.22. The summed E-state index contributed by atoms with van der Waals surface area (Å²) in [4.78, 5) is 12.1. The molecule has 0 radical (unpaired) electrons. The van der Waals surface area contributed by atoms with Crippen molar-refractivity contribution in [3.05, 3.63) is 53.6 Å². The van der Waals surface area contributed by atoms with Crippen molar-refractivity contribution in [2.45, 2.75) is 30.6 Å². The maximum Gasteiger partial charge on any atom is 0.335 e. The Labute approximate surface area is 134 Å². The van der Waals surface area contributed by atoms with Gasteiger partial charge in [-0.2, -0.15) is 0 Å².